The Bertz CT molecular complexity index is 691. The molecule has 0 unspecified atom stereocenters. The number of hydrogen-bond donors (Lipinski definition) is 0. The summed E-state index contributed by atoms with van der Waals surface area (Å²) in [5.41, 5.74) is 1.67. The predicted molar refractivity (Wildman–Crippen MR) is 84.7 cm³/mol. The fourth-order valence-corrected chi connectivity index (χ4v) is 1.66. The summed E-state index contributed by atoms with van der Waals surface area (Å²) in [7, 11) is 3.10. The molecule has 0 aliphatic heterocycles. The van der Waals surface area contributed by atoms with Gasteiger partial charge in [0.05, 0.1) is 14.2 Å². The van der Waals surface area contributed by atoms with Crippen LogP contribution >= 0.6 is 0 Å². The minimum Gasteiger partial charge on any atom is -0.481 e. The summed E-state index contributed by atoms with van der Waals surface area (Å²) in [6, 6.07) is 7.11. The number of ether oxygens (including phenoxy) is 2. The maximum atomic E-state index is 11.8. The molecule has 0 bridgehead atoms. The van der Waals surface area contributed by atoms with E-state index in [1.165, 1.54) is 12.2 Å². The number of hydrogen-bond acceptors (Lipinski definition) is 5. The summed E-state index contributed by atoms with van der Waals surface area (Å²) in [6.45, 7) is 0. The molecule has 2 heterocycles. The van der Waals surface area contributed by atoms with Crippen LogP contribution in [0, 0.1) is 0 Å². The smallest absolute Gasteiger partial charge is 0.213 e. The van der Waals surface area contributed by atoms with Crippen molar-refractivity contribution in [2.24, 2.45) is 0 Å². The molecule has 22 heavy (non-hydrogen) atoms. The van der Waals surface area contributed by atoms with Gasteiger partial charge in [-0.1, -0.05) is 6.08 Å². The minimum absolute atomic E-state index is 0.119. The number of allylic oxidation sites excluding steroid dienone is 2. The van der Waals surface area contributed by atoms with Crippen molar-refractivity contribution in [2.75, 3.05) is 14.2 Å². The van der Waals surface area contributed by atoms with Gasteiger partial charge < -0.3 is 9.47 Å². The van der Waals surface area contributed by atoms with Crippen molar-refractivity contribution in [3.05, 3.63) is 59.9 Å². The monoisotopic (exact) mass is 296 g/mol. The zero-order chi connectivity index (χ0) is 15.8. The predicted octanol–water partition coefficient (Wildman–Crippen LogP) is 2.79. The maximum Gasteiger partial charge on any atom is 0.213 e. The molecule has 0 aliphatic carbocycles. The lowest BCUT2D eigenvalue weighted by atomic mass is 10.2. The van der Waals surface area contributed by atoms with E-state index in [1.807, 2.05) is 6.07 Å². The summed E-state index contributed by atoms with van der Waals surface area (Å²) < 4.78 is 10.00. The average molecular weight is 296 g/mol. The van der Waals surface area contributed by atoms with Crippen molar-refractivity contribution in [3.63, 3.8) is 0 Å². The van der Waals surface area contributed by atoms with Gasteiger partial charge in [-0.25, -0.2) is 9.97 Å². The third kappa shape index (κ3) is 4.56. The Kier molecular flexibility index (Phi) is 5.43. The first kappa shape index (κ1) is 15.4. The van der Waals surface area contributed by atoms with E-state index < -0.39 is 0 Å². The second-order valence-electron chi connectivity index (χ2n) is 4.33. The second kappa shape index (κ2) is 7.73. The van der Waals surface area contributed by atoms with E-state index >= 15 is 0 Å². The van der Waals surface area contributed by atoms with E-state index in [9.17, 15) is 4.79 Å². The van der Waals surface area contributed by atoms with Gasteiger partial charge in [0.1, 0.15) is 0 Å². The highest BCUT2D eigenvalue weighted by molar-refractivity contribution is 6.04. The Morgan fingerprint density at radius 1 is 0.955 bits per heavy atom. The first-order valence-corrected chi connectivity index (χ1v) is 6.61. The molecule has 0 saturated carbocycles. The number of aromatic nitrogens is 2. The topological polar surface area (TPSA) is 61.3 Å². The Labute approximate surface area is 128 Å². The molecule has 2 aromatic heterocycles. The number of rotatable bonds is 6. The van der Waals surface area contributed by atoms with E-state index in [4.69, 9.17) is 9.47 Å². The quantitative estimate of drug-likeness (QED) is 0.767. The van der Waals surface area contributed by atoms with Crippen molar-refractivity contribution < 1.29 is 14.3 Å². The van der Waals surface area contributed by atoms with Gasteiger partial charge in [0.2, 0.25) is 11.8 Å². The van der Waals surface area contributed by atoms with Crippen LogP contribution in [0.25, 0.3) is 12.2 Å². The third-order valence-electron chi connectivity index (χ3n) is 2.82. The Morgan fingerprint density at radius 3 is 2.32 bits per heavy atom. The number of pyridine rings is 2. The SMILES string of the molecule is COc1ccc(/C=C/C(=O)/C=C/c2ccnc(OC)c2)cn1. The fourth-order valence-electron chi connectivity index (χ4n) is 1.66. The molecule has 0 N–H and O–H groups in total. The van der Waals surface area contributed by atoms with Gasteiger partial charge in [-0.05, 0) is 41.5 Å². The van der Waals surface area contributed by atoms with E-state index in [-0.39, 0.29) is 5.78 Å². The lowest BCUT2D eigenvalue weighted by molar-refractivity contribution is -0.110. The summed E-state index contributed by atoms with van der Waals surface area (Å²) in [5, 5.41) is 0. The van der Waals surface area contributed by atoms with E-state index in [1.54, 1.807) is 57.0 Å². The first-order valence-electron chi connectivity index (χ1n) is 6.61. The molecule has 0 aliphatic rings. The fraction of sp³-hybridized carbons (Fsp3) is 0.118. The number of nitrogens with zero attached hydrogens (tertiary/aromatic N) is 2. The Hall–Kier alpha value is -2.95. The molecule has 0 spiro atoms. The summed E-state index contributed by atoms with van der Waals surface area (Å²) in [5.74, 6) is 0.927. The molecular weight excluding hydrogens is 280 g/mol. The van der Waals surface area contributed by atoms with Crippen molar-refractivity contribution in [3.8, 4) is 11.8 Å². The number of carbonyl (C=O) groups is 1. The standard InChI is InChI=1S/C17H16N2O3/c1-21-16-8-5-14(12-19-16)4-7-15(20)6-3-13-9-10-18-17(11-13)22-2/h3-12H,1-2H3/b6-3+,7-4+. The van der Waals surface area contributed by atoms with Crippen LogP contribution in [0.15, 0.2) is 48.8 Å². The van der Waals surface area contributed by atoms with E-state index in [0.717, 1.165) is 11.1 Å². The molecule has 5 heteroatoms. The van der Waals surface area contributed by atoms with Crippen LogP contribution in [0.5, 0.6) is 11.8 Å². The Morgan fingerprint density at radius 2 is 1.68 bits per heavy atom. The molecule has 2 rings (SSSR count). The van der Waals surface area contributed by atoms with Crippen LogP contribution < -0.4 is 9.47 Å². The summed E-state index contributed by atoms with van der Waals surface area (Å²) >= 11 is 0. The third-order valence-corrected chi connectivity index (χ3v) is 2.82. The van der Waals surface area contributed by atoms with E-state index in [0.29, 0.717) is 11.8 Å². The molecule has 5 nitrogen and oxygen atoms in total. The summed E-state index contributed by atoms with van der Waals surface area (Å²) in [6.07, 6.45) is 9.65. The van der Waals surface area contributed by atoms with Gasteiger partial charge >= 0.3 is 0 Å². The van der Waals surface area contributed by atoms with Crippen LogP contribution in [0.4, 0.5) is 0 Å². The zero-order valence-corrected chi connectivity index (χ0v) is 12.4. The van der Waals surface area contributed by atoms with Crippen LogP contribution in [-0.2, 0) is 4.79 Å². The van der Waals surface area contributed by atoms with Gasteiger partial charge in [-0.15, -0.1) is 0 Å². The van der Waals surface area contributed by atoms with Gasteiger partial charge in [0.15, 0.2) is 5.78 Å². The van der Waals surface area contributed by atoms with Gasteiger partial charge in [0.25, 0.3) is 0 Å². The van der Waals surface area contributed by atoms with Crippen molar-refractivity contribution >= 4 is 17.9 Å². The van der Waals surface area contributed by atoms with Gasteiger partial charge in [0, 0.05) is 24.5 Å². The van der Waals surface area contributed by atoms with Crippen molar-refractivity contribution in [2.45, 2.75) is 0 Å². The molecule has 0 saturated heterocycles. The highest BCUT2D eigenvalue weighted by Crippen LogP contribution is 2.10. The number of ketones is 1. The molecule has 0 atom stereocenters. The van der Waals surface area contributed by atoms with Crippen LogP contribution in [0.1, 0.15) is 11.1 Å². The highest BCUT2D eigenvalue weighted by Gasteiger charge is 1.95. The van der Waals surface area contributed by atoms with Gasteiger partial charge in [-0.3, -0.25) is 4.79 Å². The first-order chi connectivity index (χ1) is 10.7. The molecule has 0 radical (unpaired) electrons. The number of methoxy groups -OCH3 is 2. The summed E-state index contributed by atoms with van der Waals surface area (Å²) in [4.78, 5) is 19.9. The molecule has 0 fully saturated rings. The molecule has 0 aromatic carbocycles. The van der Waals surface area contributed by atoms with Crippen molar-refractivity contribution in [1.29, 1.82) is 0 Å². The van der Waals surface area contributed by atoms with Crippen LogP contribution in [-0.4, -0.2) is 30.0 Å². The molecular formula is C17H16N2O3. The zero-order valence-electron chi connectivity index (χ0n) is 12.4. The van der Waals surface area contributed by atoms with Crippen molar-refractivity contribution in [1.82, 2.24) is 9.97 Å². The largest absolute Gasteiger partial charge is 0.481 e. The van der Waals surface area contributed by atoms with Gasteiger partial charge in [-0.2, -0.15) is 0 Å². The van der Waals surface area contributed by atoms with Crippen LogP contribution in [0.2, 0.25) is 0 Å². The molecule has 0 amide bonds. The molecule has 2 aromatic rings. The highest BCUT2D eigenvalue weighted by atomic mass is 16.5. The second-order valence-corrected chi connectivity index (χ2v) is 4.33. The van der Waals surface area contributed by atoms with Crippen LogP contribution in [0.3, 0.4) is 0 Å². The Balaban J connectivity index is 1.98. The maximum absolute atomic E-state index is 11.8. The number of carbonyl (C=O) groups excluding carboxylic acids is 1. The lowest BCUT2D eigenvalue weighted by Crippen LogP contribution is -1.89. The average Bonchev–Trinajstić information content (AvgIpc) is 2.58. The normalized spacial score (nSPS) is 11.0. The lowest BCUT2D eigenvalue weighted by Gasteiger charge is -1.98. The molecule has 112 valence electrons. The minimum atomic E-state index is -0.119. The van der Waals surface area contributed by atoms with E-state index in [2.05, 4.69) is 9.97 Å².